The van der Waals surface area contributed by atoms with Gasteiger partial charge in [0.25, 0.3) is 5.91 Å². The van der Waals surface area contributed by atoms with E-state index in [1.165, 1.54) is 6.08 Å². The summed E-state index contributed by atoms with van der Waals surface area (Å²) in [5.41, 5.74) is 1.09. The van der Waals surface area contributed by atoms with Gasteiger partial charge in [0.1, 0.15) is 5.60 Å². The summed E-state index contributed by atoms with van der Waals surface area (Å²) in [7, 11) is 0. The number of pyridine rings is 1. The van der Waals surface area contributed by atoms with Crippen LogP contribution in [0.25, 0.3) is 0 Å². The Balaban J connectivity index is 1.93. The highest BCUT2D eigenvalue weighted by Gasteiger charge is 2.35. The molecule has 0 saturated carbocycles. The molecular formula is C22H24N2O3. The van der Waals surface area contributed by atoms with Gasteiger partial charge in [-0.2, -0.15) is 0 Å². The van der Waals surface area contributed by atoms with Crippen molar-refractivity contribution in [3.63, 3.8) is 0 Å². The van der Waals surface area contributed by atoms with Gasteiger partial charge in [0.05, 0.1) is 18.3 Å². The Hall–Kier alpha value is -2.95. The summed E-state index contributed by atoms with van der Waals surface area (Å²) in [4.78, 5) is 31.4. The average Bonchev–Trinajstić information content (AvgIpc) is 2.65. The van der Waals surface area contributed by atoms with Crippen LogP contribution in [0.15, 0.2) is 66.6 Å². The first-order chi connectivity index (χ1) is 12.9. The monoisotopic (exact) mass is 364 g/mol. The zero-order valence-electron chi connectivity index (χ0n) is 15.9. The maximum Gasteiger partial charge on any atom is 0.289 e. The molecule has 1 aliphatic heterocycles. The quantitative estimate of drug-likeness (QED) is 0.809. The van der Waals surface area contributed by atoms with E-state index in [-0.39, 0.29) is 29.9 Å². The van der Waals surface area contributed by atoms with E-state index in [2.05, 4.69) is 4.98 Å². The van der Waals surface area contributed by atoms with E-state index in [0.29, 0.717) is 6.54 Å². The van der Waals surface area contributed by atoms with Crippen molar-refractivity contribution in [1.82, 2.24) is 9.88 Å². The van der Waals surface area contributed by atoms with Gasteiger partial charge in [-0.1, -0.05) is 36.4 Å². The molecule has 1 atom stereocenters. The fourth-order valence-electron chi connectivity index (χ4n) is 3.19. The summed E-state index contributed by atoms with van der Waals surface area (Å²) in [6.45, 7) is 5.92. The van der Waals surface area contributed by atoms with Gasteiger partial charge in [-0.3, -0.25) is 14.6 Å². The third-order valence-electron chi connectivity index (χ3n) is 4.56. The van der Waals surface area contributed by atoms with Crippen LogP contribution in [0.2, 0.25) is 0 Å². The molecule has 0 bridgehead atoms. The lowest BCUT2D eigenvalue weighted by Gasteiger charge is -2.34. The Kier molecular flexibility index (Phi) is 5.40. The highest BCUT2D eigenvalue weighted by atomic mass is 16.5. The molecule has 0 unspecified atom stereocenters. The Bertz CT molecular complexity index is 844. The van der Waals surface area contributed by atoms with E-state index in [1.807, 2.05) is 69.3 Å². The van der Waals surface area contributed by atoms with Crippen molar-refractivity contribution in [3.8, 4) is 0 Å². The van der Waals surface area contributed by atoms with Crippen molar-refractivity contribution in [2.75, 3.05) is 0 Å². The van der Waals surface area contributed by atoms with Crippen molar-refractivity contribution in [2.45, 2.75) is 45.4 Å². The highest BCUT2D eigenvalue weighted by Crippen LogP contribution is 2.29. The Labute approximate surface area is 159 Å². The molecule has 27 heavy (non-hydrogen) atoms. The molecule has 2 aromatic rings. The summed E-state index contributed by atoms with van der Waals surface area (Å²) in [6.07, 6.45) is 3.28. The van der Waals surface area contributed by atoms with Crippen molar-refractivity contribution in [2.24, 2.45) is 0 Å². The zero-order chi connectivity index (χ0) is 19.4. The topological polar surface area (TPSA) is 59.5 Å². The third kappa shape index (κ3) is 4.61. The second-order valence-electron chi connectivity index (χ2n) is 7.35. The van der Waals surface area contributed by atoms with Crippen LogP contribution < -0.4 is 0 Å². The van der Waals surface area contributed by atoms with Crippen LogP contribution in [0.4, 0.5) is 0 Å². The van der Waals surface area contributed by atoms with Crippen LogP contribution in [-0.4, -0.2) is 27.2 Å². The number of hydrogen-bond acceptors (Lipinski definition) is 4. The lowest BCUT2D eigenvalue weighted by atomic mass is 9.98. The first-order valence-electron chi connectivity index (χ1n) is 9.05. The van der Waals surface area contributed by atoms with Crippen molar-refractivity contribution >= 4 is 11.7 Å². The van der Waals surface area contributed by atoms with Crippen molar-refractivity contribution in [3.05, 3.63) is 77.8 Å². The van der Waals surface area contributed by atoms with Crippen LogP contribution in [0.3, 0.4) is 0 Å². The first-order valence-corrected chi connectivity index (χ1v) is 9.05. The van der Waals surface area contributed by atoms with Gasteiger partial charge in [-0.15, -0.1) is 0 Å². The Morgan fingerprint density at radius 3 is 2.52 bits per heavy atom. The first kappa shape index (κ1) is 18.8. The molecule has 3 rings (SSSR count). The van der Waals surface area contributed by atoms with E-state index < -0.39 is 5.60 Å². The molecular weight excluding hydrogens is 340 g/mol. The molecule has 5 nitrogen and oxygen atoms in total. The fourth-order valence-corrected chi connectivity index (χ4v) is 3.19. The number of allylic oxidation sites excluding steroid dienone is 1. The molecule has 1 aliphatic rings. The minimum absolute atomic E-state index is 0.0926. The smallest absolute Gasteiger partial charge is 0.289 e. The minimum atomic E-state index is -0.691. The molecule has 0 aliphatic carbocycles. The van der Waals surface area contributed by atoms with E-state index in [1.54, 1.807) is 11.1 Å². The standard InChI is InChI=1S/C22H24N2O3/c1-16(17-9-5-4-6-10-17)24(15-18-11-7-8-12-23-18)21(26)20-13-19(25)14-22(2,3)27-20/h4-13,16H,14-15H2,1-3H3/t16-/m0/s1. The van der Waals surface area contributed by atoms with Gasteiger partial charge in [-0.05, 0) is 38.5 Å². The molecule has 1 aromatic heterocycles. The highest BCUT2D eigenvalue weighted by molar-refractivity contribution is 6.01. The molecule has 5 heteroatoms. The average molecular weight is 364 g/mol. The van der Waals surface area contributed by atoms with Crippen molar-refractivity contribution < 1.29 is 14.3 Å². The Morgan fingerprint density at radius 1 is 1.19 bits per heavy atom. The molecule has 2 heterocycles. The van der Waals surface area contributed by atoms with Gasteiger partial charge >= 0.3 is 0 Å². The number of ketones is 1. The summed E-state index contributed by atoms with van der Waals surface area (Å²) < 4.78 is 5.84. The summed E-state index contributed by atoms with van der Waals surface area (Å²) in [6, 6.07) is 15.2. The van der Waals surface area contributed by atoms with E-state index in [4.69, 9.17) is 4.74 Å². The zero-order valence-corrected chi connectivity index (χ0v) is 15.9. The Morgan fingerprint density at radius 2 is 1.89 bits per heavy atom. The predicted octanol–water partition coefficient (Wildman–Crippen LogP) is 3.82. The number of rotatable bonds is 5. The second-order valence-corrected chi connectivity index (χ2v) is 7.35. The van der Waals surface area contributed by atoms with Crippen LogP contribution in [0.5, 0.6) is 0 Å². The maximum atomic E-state index is 13.3. The number of aromatic nitrogens is 1. The van der Waals surface area contributed by atoms with Crippen LogP contribution in [0.1, 0.15) is 44.5 Å². The van der Waals surface area contributed by atoms with Gasteiger partial charge in [-0.25, -0.2) is 0 Å². The number of ether oxygens (including phenoxy) is 1. The van der Waals surface area contributed by atoms with Crippen LogP contribution >= 0.6 is 0 Å². The molecule has 0 fully saturated rings. The number of nitrogens with zero attached hydrogens (tertiary/aromatic N) is 2. The fraction of sp³-hybridized carbons (Fsp3) is 0.318. The van der Waals surface area contributed by atoms with Gasteiger partial charge in [0.2, 0.25) is 0 Å². The molecule has 0 radical (unpaired) electrons. The molecule has 1 amide bonds. The molecule has 0 N–H and O–H groups in total. The summed E-state index contributed by atoms with van der Waals surface area (Å²) in [5, 5.41) is 0. The SMILES string of the molecule is C[C@@H](c1ccccc1)N(Cc1ccccn1)C(=O)C1=CC(=O)CC(C)(C)O1. The number of carbonyl (C=O) groups is 2. The third-order valence-corrected chi connectivity index (χ3v) is 4.56. The molecule has 1 aromatic carbocycles. The van der Waals surface area contributed by atoms with E-state index in [9.17, 15) is 9.59 Å². The largest absolute Gasteiger partial charge is 0.481 e. The minimum Gasteiger partial charge on any atom is -0.481 e. The number of amides is 1. The molecule has 140 valence electrons. The van der Waals surface area contributed by atoms with Gasteiger partial charge in [0, 0.05) is 18.7 Å². The van der Waals surface area contributed by atoms with Crippen molar-refractivity contribution in [1.29, 1.82) is 0 Å². The normalized spacial score (nSPS) is 16.9. The van der Waals surface area contributed by atoms with E-state index >= 15 is 0 Å². The lowest BCUT2D eigenvalue weighted by Crippen LogP contribution is -2.40. The lowest BCUT2D eigenvalue weighted by molar-refractivity contribution is -0.140. The van der Waals surface area contributed by atoms with E-state index in [0.717, 1.165) is 11.3 Å². The molecule has 0 saturated heterocycles. The van der Waals surface area contributed by atoms with Crippen LogP contribution in [-0.2, 0) is 20.9 Å². The summed E-state index contributed by atoms with van der Waals surface area (Å²) >= 11 is 0. The number of carbonyl (C=O) groups excluding carboxylic acids is 2. The predicted molar refractivity (Wildman–Crippen MR) is 103 cm³/mol. The maximum absolute atomic E-state index is 13.3. The number of hydrogen-bond donors (Lipinski definition) is 0. The molecule has 0 spiro atoms. The summed E-state index contributed by atoms with van der Waals surface area (Å²) in [5.74, 6) is -0.312. The number of benzene rings is 1. The van der Waals surface area contributed by atoms with Crippen LogP contribution in [0, 0.1) is 0 Å². The second kappa shape index (κ2) is 7.74. The van der Waals surface area contributed by atoms with Gasteiger partial charge in [0.15, 0.2) is 11.5 Å². The van der Waals surface area contributed by atoms with Gasteiger partial charge < -0.3 is 9.64 Å².